The molecule has 0 bridgehead atoms. The first kappa shape index (κ1) is 14.5. The Morgan fingerprint density at radius 3 is 2.84 bits per heavy atom. The van der Waals surface area contributed by atoms with Crippen molar-refractivity contribution < 1.29 is 9.53 Å². The van der Waals surface area contributed by atoms with Gasteiger partial charge >= 0.3 is 0 Å². The van der Waals surface area contributed by atoms with Gasteiger partial charge in [0.1, 0.15) is 0 Å². The van der Waals surface area contributed by atoms with Crippen molar-refractivity contribution in [1.29, 1.82) is 0 Å². The molecule has 0 aromatic heterocycles. The Balaban J connectivity index is 1.92. The van der Waals surface area contributed by atoms with Crippen molar-refractivity contribution in [3.05, 3.63) is 28.2 Å². The molecule has 0 N–H and O–H groups in total. The van der Waals surface area contributed by atoms with E-state index in [1.807, 2.05) is 25.2 Å². The zero-order valence-corrected chi connectivity index (χ0v) is 13.1. The zero-order chi connectivity index (χ0) is 13.8. The highest BCUT2D eigenvalue weighted by molar-refractivity contribution is 9.10. The number of likely N-dealkylation sites (N-methyl/N-ethyl adjacent to an activating group) is 1. The maximum Gasteiger partial charge on any atom is 0.161 e. The summed E-state index contributed by atoms with van der Waals surface area (Å²) in [7, 11) is 2.00. The summed E-state index contributed by atoms with van der Waals surface area (Å²) in [5.41, 5.74) is 1.71. The summed E-state index contributed by atoms with van der Waals surface area (Å²) in [5.74, 6) is 0.882. The highest BCUT2D eigenvalue weighted by Gasteiger charge is 2.21. The predicted molar refractivity (Wildman–Crippen MR) is 81.0 cm³/mol. The minimum Gasteiger partial charge on any atom is -0.379 e. The average molecular weight is 326 g/mol. The fraction of sp³-hybridized carbons (Fsp3) is 0.533. The summed E-state index contributed by atoms with van der Waals surface area (Å²) in [6, 6.07) is 5.81. The van der Waals surface area contributed by atoms with Gasteiger partial charge in [0.25, 0.3) is 0 Å². The van der Waals surface area contributed by atoms with Crippen LogP contribution in [-0.4, -0.2) is 32.6 Å². The van der Waals surface area contributed by atoms with Gasteiger partial charge in [0.15, 0.2) is 5.78 Å². The Bertz CT molecular complexity index is 457. The molecule has 1 aliphatic carbocycles. The van der Waals surface area contributed by atoms with Gasteiger partial charge in [-0.2, -0.15) is 0 Å². The van der Waals surface area contributed by atoms with E-state index >= 15 is 0 Å². The quantitative estimate of drug-likeness (QED) is 0.567. The molecule has 0 spiro atoms. The van der Waals surface area contributed by atoms with Crippen LogP contribution in [0.5, 0.6) is 0 Å². The van der Waals surface area contributed by atoms with Crippen LogP contribution in [0.15, 0.2) is 22.7 Å². The number of benzene rings is 1. The molecule has 1 aromatic rings. The Morgan fingerprint density at radius 1 is 1.47 bits per heavy atom. The van der Waals surface area contributed by atoms with Crippen molar-refractivity contribution in [2.75, 3.05) is 31.7 Å². The Kier molecular flexibility index (Phi) is 4.99. The van der Waals surface area contributed by atoms with Gasteiger partial charge in [-0.3, -0.25) is 4.79 Å². The second-order valence-corrected chi connectivity index (χ2v) is 6.07. The Labute approximate surface area is 123 Å². The number of ether oxygens (including phenoxy) is 1. The van der Waals surface area contributed by atoms with Gasteiger partial charge in [-0.25, -0.2) is 0 Å². The lowest BCUT2D eigenvalue weighted by atomic mass is 10.1. The van der Waals surface area contributed by atoms with Gasteiger partial charge in [-0.1, -0.05) is 15.9 Å². The molecule has 1 saturated carbocycles. The molecule has 3 nitrogen and oxygen atoms in total. The van der Waals surface area contributed by atoms with Crippen LogP contribution < -0.4 is 4.90 Å². The standard InChI is InChI=1S/C15H20BrNO2/c1-11(18)14-9-13(16)5-6-15(14)17(2)7-8-19-10-12-3-4-12/h5-6,9,12H,3-4,7-8,10H2,1-2H3. The van der Waals surface area contributed by atoms with Crippen LogP contribution in [0.3, 0.4) is 0 Å². The third-order valence-corrected chi connectivity index (χ3v) is 3.86. The van der Waals surface area contributed by atoms with Crippen molar-refractivity contribution in [1.82, 2.24) is 0 Å². The number of halogens is 1. The first-order valence-corrected chi connectivity index (χ1v) is 7.46. The summed E-state index contributed by atoms with van der Waals surface area (Å²) >= 11 is 3.41. The van der Waals surface area contributed by atoms with Gasteiger partial charge in [0.05, 0.1) is 6.61 Å². The molecule has 4 heteroatoms. The lowest BCUT2D eigenvalue weighted by Gasteiger charge is -2.22. The first-order chi connectivity index (χ1) is 9.08. The Morgan fingerprint density at radius 2 is 2.21 bits per heavy atom. The topological polar surface area (TPSA) is 29.5 Å². The normalized spacial score (nSPS) is 14.5. The molecular weight excluding hydrogens is 306 g/mol. The number of Topliss-reactive ketones (excluding diaryl/α,β-unsaturated/α-hetero) is 1. The van der Waals surface area contributed by atoms with Crippen molar-refractivity contribution >= 4 is 27.4 Å². The van der Waals surface area contributed by atoms with Gasteiger partial charge in [-0.05, 0) is 43.9 Å². The molecule has 0 radical (unpaired) electrons. The van der Waals surface area contributed by atoms with Gasteiger partial charge < -0.3 is 9.64 Å². The van der Waals surface area contributed by atoms with Crippen LogP contribution in [0.1, 0.15) is 30.1 Å². The molecule has 104 valence electrons. The molecule has 0 heterocycles. The van der Waals surface area contributed by atoms with E-state index in [1.54, 1.807) is 6.92 Å². The molecule has 0 amide bonds. The summed E-state index contributed by atoms with van der Waals surface area (Å²) < 4.78 is 6.57. The van der Waals surface area contributed by atoms with Crippen LogP contribution in [0, 0.1) is 5.92 Å². The predicted octanol–water partition coefficient (Wildman–Crippen LogP) is 3.51. The third kappa shape index (κ3) is 4.32. The molecule has 0 saturated heterocycles. The van der Waals surface area contributed by atoms with E-state index in [9.17, 15) is 4.79 Å². The fourth-order valence-corrected chi connectivity index (χ4v) is 2.34. The second kappa shape index (κ2) is 6.53. The number of carbonyl (C=O) groups excluding carboxylic acids is 1. The minimum absolute atomic E-state index is 0.0852. The summed E-state index contributed by atoms with van der Waals surface area (Å²) in [5, 5.41) is 0. The van der Waals surface area contributed by atoms with E-state index in [2.05, 4.69) is 20.8 Å². The average Bonchev–Trinajstić information content (AvgIpc) is 3.18. The number of rotatable bonds is 7. The lowest BCUT2D eigenvalue weighted by Crippen LogP contribution is -2.24. The second-order valence-electron chi connectivity index (χ2n) is 5.16. The van der Waals surface area contributed by atoms with Crippen molar-refractivity contribution in [2.24, 2.45) is 5.92 Å². The third-order valence-electron chi connectivity index (χ3n) is 3.37. The highest BCUT2D eigenvalue weighted by Crippen LogP contribution is 2.29. The number of hydrogen-bond acceptors (Lipinski definition) is 3. The molecule has 0 aliphatic heterocycles. The monoisotopic (exact) mass is 325 g/mol. The summed E-state index contributed by atoms with van der Waals surface area (Å²) in [6.45, 7) is 3.99. The SMILES string of the molecule is CC(=O)c1cc(Br)ccc1N(C)CCOCC1CC1. The van der Waals surface area contributed by atoms with Crippen molar-refractivity contribution in [2.45, 2.75) is 19.8 Å². The van der Waals surface area contributed by atoms with E-state index < -0.39 is 0 Å². The molecule has 1 fully saturated rings. The maximum atomic E-state index is 11.7. The van der Waals surface area contributed by atoms with E-state index in [0.29, 0.717) is 6.61 Å². The summed E-state index contributed by atoms with van der Waals surface area (Å²) in [4.78, 5) is 13.8. The minimum atomic E-state index is 0.0852. The van der Waals surface area contributed by atoms with E-state index in [4.69, 9.17) is 4.74 Å². The highest BCUT2D eigenvalue weighted by atomic mass is 79.9. The van der Waals surface area contributed by atoms with Gasteiger partial charge in [0, 0.05) is 35.9 Å². The molecule has 0 atom stereocenters. The lowest BCUT2D eigenvalue weighted by molar-refractivity contribution is 0.101. The first-order valence-electron chi connectivity index (χ1n) is 6.67. The molecule has 19 heavy (non-hydrogen) atoms. The van der Waals surface area contributed by atoms with Crippen LogP contribution in [0.25, 0.3) is 0 Å². The fourth-order valence-electron chi connectivity index (χ4n) is 1.98. The molecule has 2 rings (SSSR count). The van der Waals surface area contributed by atoms with Gasteiger partial charge in [-0.15, -0.1) is 0 Å². The van der Waals surface area contributed by atoms with Crippen LogP contribution >= 0.6 is 15.9 Å². The summed E-state index contributed by atoms with van der Waals surface area (Å²) in [6.07, 6.45) is 2.63. The number of carbonyl (C=O) groups is 1. The number of hydrogen-bond donors (Lipinski definition) is 0. The zero-order valence-electron chi connectivity index (χ0n) is 11.5. The van der Waals surface area contributed by atoms with Crippen molar-refractivity contribution in [3.63, 3.8) is 0 Å². The van der Waals surface area contributed by atoms with Crippen LogP contribution in [0.4, 0.5) is 5.69 Å². The van der Waals surface area contributed by atoms with E-state index in [1.165, 1.54) is 12.8 Å². The van der Waals surface area contributed by atoms with Gasteiger partial charge in [0.2, 0.25) is 0 Å². The van der Waals surface area contributed by atoms with Crippen LogP contribution in [-0.2, 0) is 4.74 Å². The molecule has 1 aromatic carbocycles. The molecular formula is C15H20BrNO2. The smallest absolute Gasteiger partial charge is 0.161 e. The van der Waals surface area contributed by atoms with Crippen LogP contribution in [0.2, 0.25) is 0 Å². The number of ketones is 1. The maximum absolute atomic E-state index is 11.7. The van der Waals surface area contributed by atoms with Crippen molar-refractivity contribution in [3.8, 4) is 0 Å². The van der Waals surface area contributed by atoms with E-state index in [0.717, 1.165) is 34.8 Å². The number of anilines is 1. The Hall–Kier alpha value is -0.870. The largest absolute Gasteiger partial charge is 0.379 e. The van der Waals surface area contributed by atoms with E-state index in [-0.39, 0.29) is 5.78 Å². The number of nitrogens with zero attached hydrogens (tertiary/aromatic N) is 1. The molecule has 0 unspecified atom stereocenters. The molecule has 1 aliphatic rings.